The molecule has 0 amide bonds. The number of ether oxygens (including phenoxy) is 1. The summed E-state index contributed by atoms with van der Waals surface area (Å²) in [6.07, 6.45) is 1.16. The minimum atomic E-state index is 0.178. The summed E-state index contributed by atoms with van der Waals surface area (Å²) in [7, 11) is 1.87. The van der Waals surface area contributed by atoms with E-state index in [1.165, 1.54) is 5.56 Å². The normalized spacial score (nSPS) is 22.1. The second kappa shape index (κ2) is 9.46. The predicted molar refractivity (Wildman–Crippen MR) is 115 cm³/mol. The average molecular weight is 397 g/mol. The van der Waals surface area contributed by atoms with E-state index in [1.807, 2.05) is 20.0 Å². The summed E-state index contributed by atoms with van der Waals surface area (Å²) in [4.78, 5) is 9.39. The van der Waals surface area contributed by atoms with Gasteiger partial charge in [0.25, 0.3) is 0 Å². The van der Waals surface area contributed by atoms with Gasteiger partial charge in [-0.25, -0.2) is 0 Å². The lowest BCUT2D eigenvalue weighted by Crippen LogP contribution is -2.47. The third-order valence-electron chi connectivity index (χ3n) is 6.00. The Labute approximate surface area is 173 Å². The van der Waals surface area contributed by atoms with Crippen molar-refractivity contribution in [1.29, 1.82) is 0 Å². The zero-order chi connectivity index (χ0) is 20.1. The minimum Gasteiger partial charge on any atom is -0.465 e. The van der Waals surface area contributed by atoms with Crippen molar-refractivity contribution in [3.05, 3.63) is 59.5 Å². The zero-order valence-electron chi connectivity index (χ0n) is 17.5. The molecule has 156 valence electrons. The van der Waals surface area contributed by atoms with Crippen molar-refractivity contribution in [2.75, 3.05) is 53.0 Å². The van der Waals surface area contributed by atoms with Gasteiger partial charge in [0, 0.05) is 45.7 Å². The number of hydrogen-bond acceptors (Lipinski definition) is 4. The van der Waals surface area contributed by atoms with E-state index in [2.05, 4.69) is 56.5 Å². The molecule has 2 atom stereocenters. The van der Waals surface area contributed by atoms with Crippen molar-refractivity contribution in [3.8, 4) is 0 Å². The summed E-state index contributed by atoms with van der Waals surface area (Å²) >= 11 is 0. The number of aryl methyl sites for hydroxylation is 1. The lowest BCUT2D eigenvalue weighted by Gasteiger charge is -2.34. The van der Waals surface area contributed by atoms with Crippen LogP contribution >= 0.6 is 0 Å². The number of morpholine rings is 1. The fraction of sp³-hybridized carbons (Fsp3) is 0.522. The van der Waals surface area contributed by atoms with Gasteiger partial charge in [0.05, 0.1) is 19.3 Å². The Morgan fingerprint density at radius 3 is 2.62 bits per heavy atom. The molecule has 0 aliphatic carbocycles. The van der Waals surface area contributed by atoms with Crippen LogP contribution < -0.4 is 5.32 Å². The Bertz CT molecular complexity index is 798. The molecule has 2 fully saturated rings. The fourth-order valence-electron chi connectivity index (χ4n) is 4.40. The number of furan rings is 1. The third-order valence-corrected chi connectivity index (χ3v) is 6.00. The molecule has 0 bridgehead atoms. The monoisotopic (exact) mass is 396 g/mol. The van der Waals surface area contributed by atoms with Crippen LogP contribution in [0, 0.1) is 6.92 Å². The van der Waals surface area contributed by atoms with Gasteiger partial charge in [0.2, 0.25) is 0 Å². The molecule has 6 heteroatoms. The van der Waals surface area contributed by atoms with Gasteiger partial charge in [-0.2, -0.15) is 0 Å². The molecule has 0 radical (unpaired) electrons. The first-order chi connectivity index (χ1) is 14.2. The quantitative estimate of drug-likeness (QED) is 0.622. The van der Waals surface area contributed by atoms with E-state index in [0.717, 1.165) is 69.8 Å². The highest BCUT2D eigenvalue weighted by Gasteiger charge is 2.29. The summed E-state index contributed by atoms with van der Waals surface area (Å²) in [6.45, 7) is 8.19. The van der Waals surface area contributed by atoms with Crippen LogP contribution in [0.5, 0.6) is 0 Å². The molecule has 1 N–H and O–H groups in total. The number of benzene rings is 1. The number of rotatable bonds is 5. The second-order valence-corrected chi connectivity index (χ2v) is 7.88. The number of hydrogen-bond donors (Lipinski definition) is 1. The first kappa shape index (κ1) is 20.0. The minimum absolute atomic E-state index is 0.178. The smallest absolute Gasteiger partial charge is 0.193 e. The number of likely N-dealkylation sites (tertiary alicyclic amines) is 1. The Morgan fingerprint density at radius 2 is 1.93 bits per heavy atom. The van der Waals surface area contributed by atoms with E-state index in [-0.39, 0.29) is 6.04 Å². The van der Waals surface area contributed by atoms with E-state index in [4.69, 9.17) is 9.15 Å². The number of nitrogens with zero attached hydrogens (tertiary/aromatic N) is 3. The van der Waals surface area contributed by atoms with Gasteiger partial charge in [-0.05, 0) is 31.0 Å². The fourth-order valence-corrected chi connectivity index (χ4v) is 4.40. The van der Waals surface area contributed by atoms with Crippen molar-refractivity contribution in [2.24, 2.45) is 4.99 Å². The summed E-state index contributed by atoms with van der Waals surface area (Å²) in [6, 6.07) is 15.1. The molecule has 2 saturated heterocycles. The molecule has 2 aliphatic rings. The van der Waals surface area contributed by atoms with Gasteiger partial charge in [0.1, 0.15) is 11.5 Å². The van der Waals surface area contributed by atoms with Gasteiger partial charge in [-0.1, -0.05) is 30.3 Å². The third kappa shape index (κ3) is 4.82. The van der Waals surface area contributed by atoms with E-state index in [1.54, 1.807) is 0 Å². The van der Waals surface area contributed by atoms with Crippen LogP contribution in [0.15, 0.2) is 51.9 Å². The molecule has 0 saturated carbocycles. The van der Waals surface area contributed by atoms with Crippen molar-refractivity contribution in [2.45, 2.75) is 25.3 Å². The molecular formula is C23H32N4O2. The molecule has 2 aliphatic heterocycles. The van der Waals surface area contributed by atoms with Crippen LogP contribution in [0.3, 0.4) is 0 Å². The van der Waals surface area contributed by atoms with Crippen LogP contribution in [-0.2, 0) is 4.74 Å². The highest BCUT2D eigenvalue weighted by Crippen LogP contribution is 2.27. The first-order valence-electron chi connectivity index (χ1n) is 10.6. The van der Waals surface area contributed by atoms with Crippen molar-refractivity contribution in [3.63, 3.8) is 0 Å². The lowest BCUT2D eigenvalue weighted by molar-refractivity contribution is 0.0123. The average Bonchev–Trinajstić information content (AvgIpc) is 3.42. The number of aliphatic imine (C=N–C) groups is 1. The van der Waals surface area contributed by atoms with Crippen LogP contribution in [0.4, 0.5) is 0 Å². The Balaban J connectivity index is 1.40. The maximum Gasteiger partial charge on any atom is 0.193 e. The van der Waals surface area contributed by atoms with Gasteiger partial charge in [0.15, 0.2) is 5.96 Å². The van der Waals surface area contributed by atoms with Crippen molar-refractivity contribution >= 4 is 5.96 Å². The van der Waals surface area contributed by atoms with Gasteiger partial charge in [-0.3, -0.25) is 9.89 Å². The Hall–Kier alpha value is -2.31. The summed E-state index contributed by atoms with van der Waals surface area (Å²) in [5.41, 5.74) is 1.42. The molecule has 29 heavy (non-hydrogen) atoms. The summed E-state index contributed by atoms with van der Waals surface area (Å²) < 4.78 is 11.5. The molecule has 0 spiro atoms. The number of nitrogens with one attached hydrogen (secondary N) is 1. The maximum atomic E-state index is 5.99. The first-order valence-corrected chi connectivity index (χ1v) is 10.6. The molecule has 1 aromatic heterocycles. The molecule has 4 rings (SSSR count). The van der Waals surface area contributed by atoms with Gasteiger partial charge < -0.3 is 19.4 Å². The summed E-state index contributed by atoms with van der Waals surface area (Å²) in [5, 5.41) is 3.62. The van der Waals surface area contributed by atoms with Crippen LogP contribution in [0.25, 0.3) is 0 Å². The van der Waals surface area contributed by atoms with Crippen molar-refractivity contribution in [1.82, 2.24) is 15.1 Å². The Morgan fingerprint density at radius 1 is 1.14 bits per heavy atom. The molecular weight excluding hydrogens is 364 g/mol. The zero-order valence-corrected chi connectivity index (χ0v) is 17.5. The second-order valence-electron chi connectivity index (χ2n) is 7.88. The molecule has 3 heterocycles. The van der Waals surface area contributed by atoms with Gasteiger partial charge >= 0.3 is 0 Å². The molecule has 1 aromatic carbocycles. The predicted octanol–water partition coefficient (Wildman–Crippen LogP) is 3.03. The van der Waals surface area contributed by atoms with Crippen molar-refractivity contribution < 1.29 is 9.15 Å². The summed E-state index contributed by atoms with van der Waals surface area (Å²) in [5.74, 6) is 3.51. The van der Waals surface area contributed by atoms with Crippen LogP contribution in [0.1, 0.15) is 35.5 Å². The van der Waals surface area contributed by atoms with Crippen LogP contribution in [-0.4, -0.2) is 68.7 Å². The lowest BCUT2D eigenvalue weighted by atomic mass is 9.99. The highest BCUT2D eigenvalue weighted by atomic mass is 16.5. The maximum absolute atomic E-state index is 5.99. The Kier molecular flexibility index (Phi) is 6.52. The van der Waals surface area contributed by atoms with E-state index < -0.39 is 0 Å². The van der Waals surface area contributed by atoms with Crippen LogP contribution in [0.2, 0.25) is 0 Å². The molecule has 2 aromatic rings. The standard InChI is InChI=1S/C23H32N4O2/c1-18-8-9-22(29-18)21(26-12-14-28-15-13-26)16-25-23(24-2)27-11-10-20(17-27)19-6-4-3-5-7-19/h3-9,20-21H,10-17H2,1-2H3,(H,24,25). The molecule has 2 unspecified atom stereocenters. The van der Waals surface area contributed by atoms with Gasteiger partial charge in [-0.15, -0.1) is 0 Å². The van der Waals surface area contributed by atoms with E-state index in [0.29, 0.717) is 5.92 Å². The van der Waals surface area contributed by atoms with E-state index >= 15 is 0 Å². The molecule has 6 nitrogen and oxygen atoms in total. The highest BCUT2D eigenvalue weighted by molar-refractivity contribution is 5.80. The topological polar surface area (TPSA) is 53.2 Å². The largest absolute Gasteiger partial charge is 0.465 e. The van der Waals surface area contributed by atoms with E-state index in [9.17, 15) is 0 Å². The SMILES string of the molecule is CN=C(NCC(c1ccc(C)o1)N1CCOCC1)N1CCC(c2ccccc2)C1. The number of guanidine groups is 1.